The first-order valence-corrected chi connectivity index (χ1v) is 8.20. The van der Waals surface area contributed by atoms with Crippen molar-refractivity contribution >= 4 is 55.6 Å². The van der Waals surface area contributed by atoms with E-state index in [2.05, 4.69) is 20.9 Å². The van der Waals surface area contributed by atoms with Crippen LogP contribution in [-0.4, -0.2) is 9.38 Å². The Morgan fingerprint density at radius 3 is 3.00 bits per heavy atom. The van der Waals surface area contributed by atoms with Crippen molar-refractivity contribution in [3.05, 3.63) is 66.8 Å². The number of fused-ring (bicyclic) bond motifs is 1. The lowest BCUT2D eigenvalue weighted by Gasteiger charge is -2.05. The van der Waals surface area contributed by atoms with Gasteiger partial charge in [0.05, 0.1) is 10.7 Å². The summed E-state index contributed by atoms with van der Waals surface area (Å²) in [5, 5.41) is 2.43. The fourth-order valence-electron chi connectivity index (χ4n) is 1.99. The number of thiophene rings is 1. The molecule has 6 heteroatoms. The van der Waals surface area contributed by atoms with Crippen molar-refractivity contribution in [2.24, 2.45) is 0 Å². The molecule has 3 aromatic rings. The van der Waals surface area contributed by atoms with Crippen LogP contribution >= 0.6 is 38.9 Å². The van der Waals surface area contributed by atoms with Crippen LogP contribution in [0.4, 0.5) is 0 Å². The van der Waals surface area contributed by atoms with Crippen LogP contribution < -0.4 is 5.56 Å². The number of hydrogen-bond acceptors (Lipinski definition) is 3. The largest absolute Gasteiger partial charge is 0.269 e. The fourth-order valence-corrected chi connectivity index (χ4v) is 3.64. The molecule has 0 aliphatic rings. The predicted molar refractivity (Wildman–Crippen MR) is 91.9 cm³/mol. The maximum atomic E-state index is 12.1. The van der Waals surface area contributed by atoms with Gasteiger partial charge in [-0.05, 0) is 46.6 Å². The smallest absolute Gasteiger partial charge is 0.258 e. The first-order valence-electron chi connectivity index (χ1n) is 6.15. The van der Waals surface area contributed by atoms with Gasteiger partial charge in [-0.25, -0.2) is 4.98 Å². The van der Waals surface area contributed by atoms with Crippen LogP contribution in [0.1, 0.15) is 16.1 Å². The summed E-state index contributed by atoms with van der Waals surface area (Å²) in [4.78, 5) is 17.6. The van der Waals surface area contributed by atoms with E-state index in [-0.39, 0.29) is 5.56 Å². The minimum Gasteiger partial charge on any atom is -0.269 e. The summed E-state index contributed by atoms with van der Waals surface area (Å²) >= 11 is 11.3. The lowest BCUT2D eigenvalue weighted by molar-refractivity contribution is 1.02. The molecule has 3 nitrogen and oxygen atoms in total. The second-order valence-corrected chi connectivity index (χ2v) is 6.79. The van der Waals surface area contributed by atoms with Gasteiger partial charge in [-0.2, -0.15) is 0 Å². The topological polar surface area (TPSA) is 34.4 Å². The molecule has 3 heterocycles. The van der Waals surface area contributed by atoms with E-state index >= 15 is 0 Å². The highest BCUT2D eigenvalue weighted by molar-refractivity contribution is 9.10. The van der Waals surface area contributed by atoms with Crippen molar-refractivity contribution in [3.8, 4) is 0 Å². The van der Waals surface area contributed by atoms with Crippen molar-refractivity contribution in [1.82, 2.24) is 9.38 Å². The summed E-state index contributed by atoms with van der Waals surface area (Å²) in [6.07, 6.45) is 3.52. The number of halogens is 2. The molecule has 0 aliphatic carbocycles. The Bertz CT molecular complexity index is 913. The molecule has 0 saturated carbocycles. The van der Waals surface area contributed by atoms with Gasteiger partial charge in [-0.15, -0.1) is 11.3 Å². The van der Waals surface area contributed by atoms with Gasteiger partial charge < -0.3 is 0 Å². The van der Waals surface area contributed by atoms with Gasteiger partial charge in [-0.1, -0.05) is 17.7 Å². The Hall–Kier alpha value is -1.43. The first-order chi connectivity index (χ1) is 10.0. The van der Waals surface area contributed by atoms with Crippen molar-refractivity contribution in [2.75, 3.05) is 0 Å². The fraction of sp³-hybridized carbons (Fsp3) is 0.0667. The van der Waals surface area contributed by atoms with Gasteiger partial charge in [0, 0.05) is 27.0 Å². The molecule has 0 spiro atoms. The lowest BCUT2D eigenvalue weighted by Crippen LogP contribution is -2.15. The number of nitrogens with zero attached hydrogens (tertiary/aromatic N) is 2. The molecule has 0 unspecified atom stereocenters. The first kappa shape index (κ1) is 14.5. The second-order valence-electron chi connectivity index (χ2n) is 4.52. The highest BCUT2D eigenvalue weighted by atomic mass is 79.9. The number of pyridine rings is 1. The van der Waals surface area contributed by atoms with E-state index in [1.807, 2.05) is 36.6 Å². The maximum absolute atomic E-state index is 12.1. The third-order valence-electron chi connectivity index (χ3n) is 2.99. The van der Waals surface area contributed by atoms with Crippen LogP contribution in [0.2, 0.25) is 0 Å². The van der Waals surface area contributed by atoms with Gasteiger partial charge in [-0.3, -0.25) is 9.20 Å². The Morgan fingerprint density at radius 2 is 2.29 bits per heavy atom. The van der Waals surface area contributed by atoms with Crippen LogP contribution in [0.5, 0.6) is 0 Å². The van der Waals surface area contributed by atoms with Gasteiger partial charge in [0.1, 0.15) is 5.65 Å². The van der Waals surface area contributed by atoms with E-state index < -0.39 is 0 Å². The molecule has 0 amide bonds. The lowest BCUT2D eigenvalue weighted by atomic mass is 10.2. The molecule has 106 valence electrons. The predicted octanol–water partition coefficient (Wildman–Crippen LogP) is 4.56. The normalized spacial score (nSPS) is 12.0. The Kier molecular flexibility index (Phi) is 3.97. The van der Waals surface area contributed by atoms with E-state index in [1.54, 1.807) is 17.5 Å². The van der Waals surface area contributed by atoms with Crippen LogP contribution in [0.25, 0.3) is 16.8 Å². The molecule has 0 fully saturated rings. The Morgan fingerprint density at radius 1 is 1.48 bits per heavy atom. The van der Waals surface area contributed by atoms with E-state index in [0.29, 0.717) is 16.4 Å². The van der Waals surface area contributed by atoms with Crippen molar-refractivity contribution in [1.29, 1.82) is 0 Å². The van der Waals surface area contributed by atoms with Gasteiger partial charge in [0.2, 0.25) is 0 Å². The highest BCUT2D eigenvalue weighted by Gasteiger charge is 2.07. The average molecular weight is 382 g/mol. The van der Waals surface area contributed by atoms with Crippen LogP contribution in [0.3, 0.4) is 0 Å². The summed E-state index contributed by atoms with van der Waals surface area (Å²) in [7, 11) is 0. The summed E-state index contributed by atoms with van der Waals surface area (Å²) in [6.45, 7) is 1.92. The summed E-state index contributed by atoms with van der Waals surface area (Å²) in [5.74, 6) is 0. The van der Waals surface area contributed by atoms with E-state index in [1.165, 1.54) is 10.5 Å². The van der Waals surface area contributed by atoms with E-state index in [9.17, 15) is 4.79 Å². The minimum absolute atomic E-state index is 0.141. The van der Waals surface area contributed by atoms with Crippen molar-refractivity contribution < 1.29 is 0 Å². The minimum atomic E-state index is -0.141. The molecular weight excluding hydrogens is 372 g/mol. The van der Waals surface area contributed by atoms with E-state index in [4.69, 9.17) is 11.6 Å². The Balaban J connectivity index is 2.14. The van der Waals surface area contributed by atoms with Crippen LogP contribution in [0, 0.1) is 6.92 Å². The molecule has 0 bridgehead atoms. The zero-order valence-corrected chi connectivity index (χ0v) is 14.2. The Labute approximate surface area is 138 Å². The number of aryl methyl sites for hydroxylation is 1. The molecule has 3 aromatic heterocycles. The van der Waals surface area contributed by atoms with Gasteiger partial charge >= 0.3 is 0 Å². The average Bonchev–Trinajstić information content (AvgIpc) is 2.85. The van der Waals surface area contributed by atoms with Gasteiger partial charge in [0.15, 0.2) is 0 Å². The summed E-state index contributed by atoms with van der Waals surface area (Å²) in [6, 6.07) is 7.16. The maximum Gasteiger partial charge on any atom is 0.258 e. The molecule has 0 aliphatic heterocycles. The van der Waals surface area contributed by atoms with Crippen molar-refractivity contribution in [3.63, 3.8) is 0 Å². The summed E-state index contributed by atoms with van der Waals surface area (Å²) in [5.41, 5.74) is 1.90. The molecule has 3 rings (SSSR count). The van der Waals surface area contributed by atoms with Gasteiger partial charge in [0.25, 0.3) is 5.56 Å². The zero-order valence-electron chi connectivity index (χ0n) is 11.0. The SMILES string of the molecule is Cc1cccn2c(=O)cc(/C(Cl)=C/c3cc(Br)cs3)nc12. The molecule has 0 saturated heterocycles. The molecular formula is C15H10BrClN2OS. The van der Waals surface area contributed by atoms with Crippen LogP contribution in [-0.2, 0) is 0 Å². The number of aromatic nitrogens is 2. The summed E-state index contributed by atoms with van der Waals surface area (Å²) < 4.78 is 2.52. The zero-order chi connectivity index (χ0) is 15.0. The molecule has 0 radical (unpaired) electrons. The van der Waals surface area contributed by atoms with Crippen LogP contribution in [0.15, 0.2) is 45.1 Å². The number of hydrogen-bond donors (Lipinski definition) is 0. The standard InChI is InChI=1S/C15H10BrClN2OS/c1-9-3-2-4-19-14(20)7-13(18-15(9)19)12(17)6-11-5-10(16)8-21-11/h2-8H,1H3/b12-6-. The third kappa shape index (κ3) is 2.95. The highest BCUT2D eigenvalue weighted by Crippen LogP contribution is 2.26. The quantitative estimate of drug-likeness (QED) is 0.652. The molecule has 21 heavy (non-hydrogen) atoms. The van der Waals surface area contributed by atoms with E-state index in [0.717, 1.165) is 14.9 Å². The van der Waals surface area contributed by atoms with Crippen molar-refractivity contribution in [2.45, 2.75) is 6.92 Å². The molecule has 0 atom stereocenters. The third-order valence-corrected chi connectivity index (χ3v) is 4.93. The molecule has 0 aromatic carbocycles. The monoisotopic (exact) mass is 380 g/mol. The number of rotatable bonds is 2. The molecule has 0 N–H and O–H groups in total. The second kappa shape index (κ2) is 5.75.